The first-order valence-electron chi connectivity index (χ1n) is 8.12. The molecule has 0 saturated carbocycles. The molecule has 6 heteroatoms. The summed E-state index contributed by atoms with van der Waals surface area (Å²) in [5.74, 6) is 0.169. The van der Waals surface area contributed by atoms with Crippen LogP contribution in [0.3, 0.4) is 0 Å². The summed E-state index contributed by atoms with van der Waals surface area (Å²) in [6, 6.07) is 11.2. The second-order valence-corrected chi connectivity index (χ2v) is 6.89. The van der Waals surface area contributed by atoms with Crippen molar-refractivity contribution in [2.24, 2.45) is 0 Å². The van der Waals surface area contributed by atoms with Gasteiger partial charge in [-0.3, -0.25) is 9.69 Å². The van der Waals surface area contributed by atoms with Gasteiger partial charge in [0.1, 0.15) is 0 Å². The number of amides is 3. The molecule has 2 heterocycles. The lowest BCUT2D eigenvalue weighted by Gasteiger charge is -2.27. The van der Waals surface area contributed by atoms with Gasteiger partial charge in [0, 0.05) is 41.7 Å². The first kappa shape index (κ1) is 16.5. The Bertz CT molecular complexity index is 715. The molecule has 0 aliphatic carbocycles. The number of nitrogens with zero attached hydrogens (tertiary/aromatic N) is 1. The number of nitrogens with one attached hydrogen (secondary N) is 2. The van der Waals surface area contributed by atoms with E-state index in [9.17, 15) is 9.59 Å². The van der Waals surface area contributed by atoms with E-state index in [1.165, 1.54) is 4.88 Å². The number of benzene rings is 1. The standard InChI is InChI=1S/C18H21N3O2S/c1-13(16-7-3-10-24-16)12-20-17(22)14-5-2-6-15(11-14)21-9-4-8-19-18(21)23/h2-3,5-7,10-11,13H,4,8-9,12H2,1H3,(H,19,23)(H,20,22)/t13-/m0/s1. The lowest BCUT2D eigenvalue weighted by molar-refractivity contribution is 0.0951. The molecule has 0 radical (unpaired) electrons. The first-order chi connectivity index (χ1) is 11.6. The molecule has 1 atom stereocenters. The van der Waals surface area contributed by atoms with Gasteiger partial charge in [-0.05, 0) is 36.1 Å². The van der Waals surface area contributed by atoms with Crippen LogP contribution in [-0.2, 0) is 0 Å². The third-order valence-electron chi connectivity index (χ3n) is 4.10. The molecule has 2 N–H and O–H groups in total. The largest absolute Gasteiger partial charge is 0.351 e. The molecule has 24 heavy (non-hydrogen) atoms. The molecule has 1 aromatic heterocycles. The molecule has 0 bridgehead atoms. The van der Waals surface area contributed by atoms with Crippen molar-refractivity contribution < 1.29 is 9.59 Å². The Morgan fingerprint density at radius 3 is 3.00 bits per heavy atom. The van der Waals surface area contributed by atoms with Gasteiger partial charge in [0.2, 0.25) is 0 Å². The highest BCUT2D eigenvalue weighted by molar-refractivity contribution is 7.10. The van der Waals surface area contributed by atoms with Gasteiger partial charge in [0.05, 0.1) is 0 Å². The number of urea groups is 1. The van der Waals surface area contributed by atoms with Crippen LogP contribution in [0, 0.1) is 0 Å². The van der Waals surface area contributed by atoms with E-state index in [1.807, 2.05) is 23.6 Å². The Morgan fingerprint density at radius 1 is 1.38 bits per heavy atom. The topological polar surface area (TPSA) is 61.4 Å². The van der Waals surface area contributed by atoms with Crippen LogP contribution < -0.4 is 15.5 Å². The van der Waals surface area contributed by atoms with Crippen molar-refractivity contribution in [1.29, 1.82) is 0 Å². The van der Waals surface area contributed by atoms with Gasteiger partial charge in [0.25, 0.3) is 5.91 Å². The van der Waals surface area contributed by atoms with Crippen molar-refractivity contribution in [1.82, 2.24) is 10.6 Å². The lowest BCUT2D eigenvalue weighted by atomic mass is 10.1. The molecular formula is C18H21N3O2S. The van der Waals surface area contributed by atoms with Gasteiger partial charge < -0.3 is 10.6 Å². The van der Waals surface area contributed by atoms with E-state index in [2.05, 4.69) is 23.6 Å². The van der Waals surface area contributed by atoms with E-state index in [-0.39, 0.29) is 17.9 Å². The SMILES string of the molecule is C[C@@H](CNC(=O)c1cccc(N2CCCNC2=O)c1)c1cccs1. The predicted molar refractivity (Wildman–Crippen MR) is 96.9 cm³/mol. The molecule has 0 spiro atoms. The van der Waals surface area contributed by atoms with Crippen molar-refractivity contribution in [2.45, 2.75) is 19.3 Å². The molecule has 1 aromatic carbocycles. The molecule has 3 amide bonds. The van der Waals surface area contributed by atoms with Crippen molar-refractivity contribution in [3.8, 4) is 0 Å². The number of rotatable bonds is 5. The third-order valence-corrected chi connectivity index (χ3v) is 5.20. The van der Waals surface area contributed by atoms with Crippen LogP contribution in [-0.4, -0.2) is 31.6 Å². The van der Waals surface area contributed by atoms with Crippen LogP contribution in [0.2, 0.25) is 0 Å². The summed E-state index contributed by atoms with van der Waals surface area (Å²) < 4.78 is 0. The Hall–Kier alpha value is -2.34. The third kappa shape index (κ3) is 3.76. The summed E-state index contributed by atoms with van der Waals surface area (Å²) in [5.41, 5.74) is 1.33. The number of hydrogen-bond donors (Lipinski definition) is 2. The number of carbonyl (C=O) groups is 2. The minimum absolute atomic E-state index is 0.106. The second kappa shape index (κ2) is 7.49. The predicted octanol–water partition coefficient (Wildman–Crippen LogP) is 3.20. The highest BCUT2D eigenvalue weighted by Crippen LogP contribution is 2.21. The molecule has 3 rings (SSSR count). The molecule has 2 aromatic rings. The maximum Gasteiger partial charge on any atom is 0.321 e. The summed E-state index contributed by atoms with van der Waals surface area (Å²) in [6.07, 6.45) is 0.903. The summed E-state index contributed by atoms with van der Waals surface area (Å²) >= 11 is 1.70. The van der Waals surface area contributed by atoms with E-state index in [1.54, 1.807) is 28.4 Å². The van der Waals surface area contributed by atoms with E-state index in [0.717, 1.165) is 12.1 Å². The Kier molecular flexibility index (Phi) is 5.15. The molecule has 126 valence electrons. The molecule has 1 saturated heterocycles. The smallest absolute Gasteiger partial charge is 0.321 e. The maximum absolute atomic E-state index is 12.4. The fourth-order valence-corrected chi connectivity index (χ4v) is 3.50. The summed E-state index contributed by atoms with van der Waals surface area (Å²) in [6.45, 7) is 4.07. The Morgan fingerprint density at radius 2 is 2.25 bits per heavy atom. The van der Waals surface area contributed by atoms with E-state index in [0.29, 0.717) is 25.2 Å². The van der Waals surface area contributed by atoms with Crippen LogP contribution in [0.4, 0.5) is 10.5 Å². The van der Waals surface area contributed by atoms with Crippen LogP contribution in [0.1, 0.15) is 34.5 Å². The quantitative estimate of drug-likeness (QED) is 0.876. The zero-order valence-electron chi connectivity index (χ0n) is 13.6. The van der Waals surface area contributed by atoms with Crippen molar-refractivity contribution in [2.75, 3.05) is 24.5 Å². The van der Waals surface area contributed by atoms with Gasteiger partial charge in [-0.25, -0.2) is 4.79 Å². The Balaban J connectivity index is 1.64. The van der Waals surface area contributed by atoms with Gasteiger partial charge in [-0.1, -0.05) is 19.1 Å². The van der Waals surface area contributed by atoms with E-state index in [4.69, 9.17) is 0 Å². The minimum atomic E-state index is -0.113. The number of carbonyl (C=O) groups excluding carboxylic acids is 2. The fraction of sp³-hybridized carbons (Fsp3) is 0.333. The average Bonchev–Trinajstić information content (AvgIpc) is 3.14. The maximum atomic E-state index is 12.4. The molecule has 0 unspecified atom stereocenters. The van der Waals surface area contributed by atoms with Gasteiger partial charge in [-0.2, -0.15) is 0 Å². The van der Waals surface area contributed by atoms with Crippen LogP contribution in [0.25, 0.3) is 0 Å². The van der Waals surface area contributed by atoms with Gasteiger partial charge in [-0.15, -0.1) is 11.3 Å². The van der Waals surface area contributed by atoms with Crippen LogP contribution in [0.15, 0.2) is 41.8 Å². The van der Waals surface area contributed by atoms with E-state index < -0.39 is 0 Å². The van der Waals surface area contributed by atoms with E-state index >= 15 is 0 Å². The molecule has 5 nitrogen and oxygen atoms in total. The molecule has 1 fully saturated rings. The van der Waals surface area contributed by atoms with Gasteiger partial charge >= 0.3 is 6.03 Å². The van der Waals surface area contributed by atoms with Crippen LogP contribution in [0.5, 0.6) is 0 Å². The normalized spacial score (nSPS) is 15.7. The summed E-state index contributed by atoms with van der Waals surface area (Å²) in [5, 5.41) is 7.84. The minimum Gasteiger partial charge on any atom is -0.351 e. The number of hydrogen-bond acceptors (Lipinski definition) is 3. The summed E-state index contributed by atoms with van der Waals surface area (Å²) in [4.78, 5) is 27.3. The molecule has 1 aliphatic heterocycles. The van der Waals surface area contributed by atoms with Crippen LogP contribution >= 0.6 is 11.3 Å². The summed E-state index contributed by atoms with van der Waals surface area (Å²) in [7, 11) is 0. The lowest BCUT2D eigenvalue weighted by Crippen LogP contribution is -2.46. The molecular weight excluding hydrogens is 322 g/mol. The van der Waals surface area contributed by atoms with Crippen molar-refractivity contribution in [3.63, 3.8) is 0 Å². The average molecular weight is 343 g/mol. The highest BCUT2D eigenvalue weighted by atomic mass is 32.1. The first-order valence-corrected chi connectivity index (χ1v) is 9.00. The number of anilines is 1. The molecule has 1 aliphatic rings. The number of thiophene rings is 1. The highest BCUT2D eigenvalue weighted by Gasteiger charge is 2.20. The second-order valence-electron chi connectivity index (χ2n) is 5.91. The fourth-order valence-electron chi connectivity index (χ4n) is 2.71. The monoisotopic (exact) mass is 343 g/mol. The zero-order chi connectivity index (χ0) is 16.9. The van der Waals surface area contributed by atoms with Crippen molar-refractivity contribution in [3.05, 3.63) is 52.2 Å². The Labute approximate surface area is 145 Å². The zero-order valence-corrected chi connectivity index (χ0v) is 14.4. The van der Waals surface area contributed by atoms with Crippen molar-refractivity contribution >= 4 is 29.0 Å². The van der Waals surface area contributed by atoms with Gasteiger partial charge in [0.15, 0.2) is 0 Å².